The molecule has 0 spiro atoms. The highest BCUT2D eigenvalue weighted by atomic mass is 16.7. The van der Waals surface area contributed by atoms with Gasteiger partial charge in [0.15, 0.2) is 17.1 Å². The summed E-state index contributed by atoms with van der Waals surface area (Å²) in [6.45, 7) is 3.34. The molecular weight excluding hydrogens is 400 g/mol. The van der Waals surface area contributed by atoms with E-state index in [2.05, 4.69) is 20.4 Å². The summed E-state index contributed by atoms with van der Waals surface area (Å²) in [4.78, 5) is 34.0. The van der Waals surface area contributed by atoms with E-state index in [1.54, 1.807) is 24.4 Å². The molecule has 0 fully saturated rings. The summed E-state index contributed by atoms with van der Waals surface area (Å²) >= 11 is 0. The lowest BCUT2D eigenvalue weighted by Crippen LogP contribution is -2.25. The van der Waals surface area contributed by atoms with E-state index >= 15 is 0 Å². The van der Waals surface area contributed by atoms with Crippen LogP contribution in [0, 0.1) is 6.92 Å². The van der Waals surface area contributed by atoms with Crippen molar-refractivity contribution in [3.8, 4) is 22.8 Å². The Kier molecular flexibility index (Phi) is 4.66. The predicted octanol–water partition coefficient (Wildman–Crippen LogP) is 1.74. The van der Waals surface area contributed by atoms with Crippen LogP contribution in [0.25, 0.3) is 16.9 Å². The number of rotatable bonds is 6. The lowest BCUT2D eigenvalue weighted by molar-refractivity contribution is 0.0954. The lowest BCUT2D eigenvalue weighted by Gasteiger charge is -2.07. The van der Waals surface area contributed by atoms with Crippen molar-refractivity contribution in [1.29, 1.82) is 0 Å². The van der Waals surface area contributed by atoms with Gasteiger partial charge < -0.3 is 19.4 Å². The van der Waals surface area contributed by atoms with E-state index in [0.29, 0.717) is 34.9 Å². The zero-order chi connectivity index (χ0) is 21.4. The smallest absolute Gasteiger partial charge is 0.273 e. The summed E-state index contributed by atoms with van der Waals surface area (Å²) in [7, 11) is 0. The van der Waals surface area contributed by atoms with Crippen molar-refractivity contribution in [3.63, 3.8) is 0 Å². The van der Waals surface area contributed by atoms with Gasteiger partial charge in [0.25, 0.3) is 11.5 Å². The summed E-state index contributed by atoms with van der Waals surface area (Å²) in [6.07, 6.45) is 5.90. The Morgan fingerprint density at radius 2 is 2.13 bits per heavy atom. The van der Waals surface area contributed by atoms with Crippen molar-refractivity contribution in [1.82, 2.24) is 29.5 Å². The molecule has 0 saturated carbocycles. The Balaban J connectivity index is 1.36. The summed E-state index contributed by atoms with van der Waals surface area (Å²) in [5.41, 5.74) is 1.41. The van der Waals surface area contributed by atoms with Gasteiger partial charge in [-0.2, -0.15) is 0 Å². The molecule has 0 aliphatic carbocycles. The van der Waals surface area contributed by atoms with Crippen LogP contribution in [0.15, 0.2) is 47.7 Å². The largest absolute Gasteiger partial charge is 0.454 e. The fourth-order valence-electron chi connectivity index (χ4n) is 3.54. The zero-order valence-electron chi connectivity index (χ0n) is 16.8. The number of aryl methyl sites for hydroxylation is 2. The molecule has 10 nitrogen and oxygen atoms in total. The van der Waals surface area contributed by atoms with Gasteiger partial charge >= 0.3 is 0 Å². The van der Waals surface area contributed by atoms with Crippen molar-refractivity contribution in [2.75, 3.05) is 13.3 Å². The average molecular weight is 420 g/mol. The van der Waals surface area contributed by atoms with Crippen molar-refractivity contribution in [2.45, 2.75) is 19.9 Å². The molecule has 0 saturated heterocycles. The SMILES string of the molecule is Cc1nccn1CCCNC(=O)c1c[nH]n2c(=O)cc(-c3ccc4c(c3)OCO4)nc12. The van der Waals surface area contributed by atoms with Crippen LogP contribution in [-0.4, -0.2) is 43.4 Å². The minimum Gasteiger partial charge on any atom is -0.454 e. The number of hydrogen-bond donors (Lipinski definition) is 2. The first-order valence-corrected chi connectivity index (χ1v) is 9.87. The maximum atomic E-state index is 12.7. The van der Waals surface area contributed by atoms with Crippen molar-refractivity contribution >= 4 is 11.6 Å². The fraction of sp³-hybridized carbons (Fsp3) is 0.238. The van der Waals surface area contributed by atoms with Gasteiger partial charge in [0.05, 0.1) is 5.69 Å². The first-order chi connectivity index (χ1) is 15.1. The van der Waals surface area contributed by atoms with Crippen LogP contribution >= 0.6 is 0 Å². The molecule has 0 radical (unpaired) electrons. The third kappa shape index (κ3) is 3.52. The second kappa shape index (κ2) is 7.63. The van der Waals surface area contributed by atoms with Gasteiger partial charge in [-0.15, -0.1) is 0 Å². The minimum absolute atomic E-state index is 0.163. The Morgan fingerprint density at radius 3 is 2.97 bits per heavy atom. The molecule has 0 unspecified atom stereocenters. The first kappa shape index (κ1) is 18.9. The van der Waals surface area contributed by atoms with Gasteiger partial charge in [-0.1, -0.05) is 0 Å². The molecule has 158 valence electrons. The van der Waals surface area contributed by atoms with Crippen LogP contribution in [0.5, 0.6) is 11.5 Å². The number of carbonyl (C=O) groups excluding carboxylic acids is 1. The lowest BCUT2D eigenvalue weighted by atomic mass is 10.1. The molecule has 1 aromatic carbocycles. The summed E-state index contributed by atoms with van der Waals surface area (Å²) in [5.74, 6) is 1.88. The van der Waals surface area contributed by atoms with Crippen LogP contribution < -0.4 is 20.3 Å². The topological polar surface area (TPSA) is 116 Å². The van der Waals surface area contributed by atoms with Gasteiger partial charge in [0.1, 0.15) is 11.4 Å². The molecule has 0 atom stereocenters. The van der Waals surface area contributed by atoms with Crippen LogP contribution in [-0.2, 0) is 6.54 Å². The highest BCUT2D eigenvalue weighted by Crippen LogP contribution is 2.35. The van der Waals surface area contributed by atoms with Crippen molar-refractivity contribution in [2.24, 2.45) is 0 Å². The zero-order valence-corrected chi connectivity index (χ0v) is 16.8. The van der Waals surface area contributed by atoms with Gasteiger partial charge in [0, 0.05) is 43.3 Å². The van der Waals surface area contributed by atoms with E-state index in [1.807, 2.05) is 17.7 Å². The number of aromatic amines is 1. The number of imidazole rings is 1. The second-order valence-electron chi connectivity index (χ2n) is 7.17. The Labute approximate surface area is 176 Å². The van der Waals surface area contributed by atoms with Crippen LogP contribution in [0.4, 0.5) is 0 Å². The normalized spacial score (nSPS) is 12.4. The van der Waals surface area contributed by atoms with Gasteiger partial charge in [0.2, 0.25) is 6.79 Å². The first-order valence-electron chi connectivity index (χ1n) is 9.87. The molecule has 1 aliphatic heterocycles. The van der Waals surface area contributed by atoms with Crippen LogP contribution in [0.1, 0.15) is 22.6 Å². The Hall–Kier alpha value is -4.08. The second-order valence-corrected chi connectivity index (χ2v) is 7.17. The average Bonchev–Trinajstić information content (AvgIpc) is 3.50. The van der Waals surface area contributed by atoms with Gasteiger partial charge in [-0.3, -0.25) is 14.7 Å². The summed E-state index contributed by atoms with van der Waals surface area (Å²) in [5, 5.41) is 5.69. The molecule has 1 amide bonds. The number of carbonyl (C=O) groups is 1. The number of hydrogen-bond acceptors (Lipinski definition) is 6. The molecule has 1 aliphatic rings. The molecule has 10 heteroatoms. The maximum Gasteiger partial charge on any atom is 0.273 e. The third-order valence-electron chi connectivity index (χ3n) is 5.20. The van der Waals surface area contributed by atoms with E-state index in [9.17, 15) is 9.59 Å². The molecule has 2 N–H and O–H groups in total. The Morgan fingerprint density at radius 1 is 1.26 bits per heavy atom. The summed E-state index contributed by atoms with van der Waals surface area (Å²) < 4.78 is 14.0. The number of nitrogens with zero attached hydrogens (tertiary/aromatic N) is 4. The van der Waals surface area contributed by atoms with Crippen LogP contribution in [0.3, 0.4) is 0 Å². The third-order valence-corrected chi connectivity index (χ3v) is 5.20. The highest BCUT2D eigenvalue weighted by molar-refractivity contribution is 5.99. The van der Waals surface area contributed by atoms with E-state index in [1.165, 1.54) is 16.8 Å². The molecule has 4 heterocycles. The maximum absolute atomic E-state index is 12.7. The number of benzene rings is 1. The number of nitrogens with one attached hydrogen (secondary N) is 2. The van der Waals surface area contributed by atoms with Gasteiger partial charge in [-0.05, 0) is 31.5 Å². The number of fused-ring (bicyclic) bond motifs is 2. The van der Waals surface area contributed by atoms with Crippen molar-refractivity contribution < 1.29 is 14.3 Å². The molecule has 31 heavy (non-hydrogen) atoms. The molecule has 3 aromatic heterocycles. The molecular formula is C21H20N6O4. The molecule has 5 rings (SSSR count). The van der Waals surface area contributed by atoms with E-state index in [0.717, 1.165) is 18.8 Å². The van der Waals surface area contributed by atoms with E-state index < -0.39 is 0 Å². The summed E-state index contributed by atoms with van der Waals surface area (Å²) in [6, 6.07) is 6.76. The fourth-order valence-corrected chi connectivity index (χ4v) is 3.54. The van der Waals surface area contributed by atoms with E-state index in [-0.39, 0.29) is 23.9 Å². The number of ether oxygens (including phenoxy) is 2. The predicted molar refractivity (Wildman–Crippen MR) is 111 cm³/mol. The van der Waals surface area contributed by atoms with E-state index in [4.69, 9.17) is 9.47 Å². The van der Waals surface area contributed by atoms with Crippen LogP contribution in [0.2, 0.25) is 0 Å². The Bertz CT molecular complexity index is 1340. The minimum atomic E-state index is -0.313. The number of H-pyrrole nitrogens is 1. The molecule has 0 bridgehead atoms. The number of aromatic nitrogens is 5. The quantitative estimate of drug-likeness (QED) is 0.459. The standard InChI is InChI=1S/C21H20N6O4/c1-13-22-6-8-26(13)7-2-5-23-21(29)15-11-24-27-19(28)10-16(25-20(15)27)14-3-4-17-18(9-14)31-12-30-17/h3-4,6,8-11,24H,2,5,7,12H2,1H3,(H,23,29). The van der Waals surface area contributed by atoms with Gasteiger partial charge in [-0.25, -0.2) is 14.5 Å². The highest BCUT2D eigenvalue weighted by Gasteiger charge is 2.18. The monoisotopic (exact) mass is 420 g/mol. The molecule has 4 aromatic rings. The van der Waals surface area contributed by atoms with Crippen molar-refractivity contribution in [3.05, 3.63) is 64.6 Å². The number of amides is 1.